The van der Waals surface area contributed by atoms with Crippen molar-refractivity contribution in [3.63, 3.8) is 0 Å². The van der Waals surface area contributed by atoms with E-state index in [9.17, 15) is 13.2 Å². The van der Waals surface area contributed by atoms with Gasteiger partial charge >= 0.3 is 16.1 Å². The van der Waals surface area contributed by atoms with Gasteiger partial charge in [0.2, 0.25) is 0 Å². The zero-order valence-corrected chi connectivity index (χ0v) is 18.1. The fraction of sp³-hybridized carbons (Fsp3) is 0.632. The Morgan fingerprint density at radius 3 is 2.33 bits per heavy atom. The van der Waals surface area contributed by atoms with Gasteiger partial charge in [-0.3, -0.25) is 0 Å². The molecular formula is C19H32N2O5S. The maximum atomic E-state index is 12.6. The predicted octanol–water partition coefficient (Wildman–Crippen LogP) is 3.39. The number of hydrogen-bond acceptors (Lipinski definition) is 5. The number of nitrogens with zero attached hydrogens (tertiary/aromatic N) is 1. The fourth-order valence-corrected chi connectivity index (χ4v) is 2.88. The second kappa shape index (κ2) is 9.30. The van der Waals surface area contributed by atoms with Crippen LogP contribution in [-0.2, 0) is 16.7 Å². The Balaban J connectivity index is 3.12. The van der Waals surface area contributed by atoms with Crippen molar-refractivity contribution >= 4 is 16.1 Å². The summed E-state index contributed by atoms with van der Waals surface area (Å²) in [6, 6.07) is 4.87. The monoisotopic (exact) mass is 400 g/mol. The van der Waals surface area contributed by atoms with E-state index in [1.807, 2.05) is 34.6 Å². The van der Waals surface area contributed by atoms with E-state index in [2.05, 4.69) is 5.32 Å². The van der Waals surface area contributed by atoms with Crippen LogP contribution in [0.1, 0.15) is 47.1 Å². The van der Waals surface area contributed by atoms with E-state index in [1.54, 1.807) is 23.1 Å². The van der Waals surface area contributed by atoms with Crippen LogP contribution in [0.3, 0.4) is 0 Å². The molecule has 0 fully saturated rings. The zero-order valence-electron chi connectivity index (χ0n) is 17.3. The number of methoxy groups -OCH3 is 1. The van der Waals surface area contributed by atoms with Gasteiger partial charge in [0, 0.05) is 18.6 Å². The van der Waals surface area contributed by atoms with Crippen molar-refractivity contribution in [2.24, 2.45) is 5.92 Å². The van der Waals surface area contributed by atoms with Gasteiger partial charge in [-0.05, 0) is 51.3 Å². The molecule has 7 nitrogen and oxygen atoms in total. The lowest BCUT2D eigenvalue weighted by Crippen LogP contribution is -2.49. The minimum absolute atomic E-state index is 0.123. The third-order valence-corrected chi connectivity index (χ3v) is 4.67. The molecule has 154 valence electrons. The zero-order chi connectivity index (χ0) is 20.8. The molecule has 0 aliphatic heterocycles. The highest BCUT2D eigenvalue weighted by molar-refractivity contribution is 7.87. The van der Waals surface area contributed by atoms with E-state index in [1.165, 1.54) is 14.0 Å². The Morgan fingerprint density at radius 1 is 1.22 bits per heavy atom. The predicted molar refractivity (Wildman–Crippen MR) is 107 cm³/mol. The standard InChI is InChI=1S/C19H32N2O5S/c1-8-27(23,24)26-17-11-15(9-10-16(17)25-7)13-21(12-14(2)3)18(22)20-19(4,5)6/h9-11,14H,8,12-13H2,1-7H3,(H,20,22). The van der Waals surface area contributed by atoms with Crippen LogP contribution in [0, 0.1) is 5.92 Å². The molecule has 0 aliphatic carbocycles. The summed E-state index contributed by atoms with van der Waals surface area (Å²) in [7, 11) is -2.24. The summed E-state index contributed by atoms with van der Waals surface area (Å²) in [5.41, 5.74) is 0.400. The molecule has 0 radical (unpaired) electrons. The van der Waals surface area contributed by atoms with E-state index in [-0.39, 0.29) is 29.0 Å². The molecule has 0 spiro atoms. The van der Waals surface area contributed by atoms with Crippen LogP contribution in [-0.4, -0.2) is 44.3 Å². The number of urea groups is 1. The molecule has 0 heterocycles. The molecule has 8 heteroatoms. The Morgan fingerprint density at radius 2 is 1.85 bits per heavy atom. The first-order valence-corrected chi connectivity index (χ1v) is 10.6. The van der Waals surface area contributed by atoms with E-state index in [0.717, 1.165) is 5.56 Å². The molecule has 0 bridgehead atoms. The van der Waals surface area contributed by atoms with Gasteiger partial charge in [-0.2, -0.15) is 8.42 Å². The highest BCUT2D eigenvalue weighted by Gasteiger charge is 2.22. The molecule has 0 unspecified atom stereocenters. The molecule has 1 N–H and O–H groups in total. The number of ether oxygens (including phenoxy) is 1. The summed E-state index contributed by atoms with van der Waals surface area (Å²) >= 11 is 0. The van der Waals surface area contributed by atoms with Crippen LogP contribution >= 0.6 is 0 Å². The largest absolute Gasteiger partial charge is 0.493 e. The Kier molecular flexibility index (Phi) is 7.95. The first kappa shape index (κ1) is 23.1. The lowest BCUT2D eigenvalue weighted by atomic mass is 10.1. The number of nitrogens with one attached hydrogen (secondary N) is 1. The van der Waals surface area contributed by atoms with Crippen LogP contribution in [0.4, 0.5) is 4.79 Å². The number of hydrogen-bond donors (Lipinski definition) is 1. The van der Waals surface area contributed by atoms with Crippen LogP contribution in [0.5, 0.6) is 11.5 Å². The van der Waals surface area contributed by atoms with Crippen molar-refractivity contribution in [3.8, 4) is 11.5 Å². The third kappa shape index (κ3) is 8.07. The van der Waals surface area contributed by atoms with Gasteiger partial charge < -0.3 is 19.1 Å². The average molecular weight is 401 g/mol. The molecule has 0 atom stereocenters. The minimum Gasteiger partial charge on any atom is -0.493 e. The van der Waals surface area contributed by atoms with Gasteiger partial charge in [-0.25, -0.2) is 4.79 Å². The Labute approximate surface area is 163 Å². The smallest absolute Gasteiger partial charge is 0.318 e. The van der Waals surface area contributed by atoms with E-state index in [4.69, 9.17) is 8.92 Å². The normalized spacial score (nSPS) is 12.0. The molecule has 1 rings (SSSR count). The highest BCUT2D eigenvalue weighted by Crippen LogP contribution is 2.30. The summed E-state index contributed by atoms with van der Waals surface area (Å²) in [4.78, 5) is 14.3. The first-order chi connectivity index (χ1) is 12.4. The lowest BCUT2D eigenvalue weighted by molar-refractivity contribution is 0.179. The summed E-state index contributed by atoms with van der Waals surface area (Å²) < 4.78 is 34.0. The Hall–Kier alpha value is -1.96. The third-order valence-electron chi connectivity index (χ3n) is 3.53. The fourth-order valence-electron chi connectivity index (χ4n) is 2.36. The van der Waals surface area contributed by atoms with Gasteiger partial charge in [0.15, 0.2) is 11.5 Å². The number of rotatable bonds is 8. The molecular weight excluding hydrogens is 368 g/mol. The van der Waals surface area contributed by atoms with Crippen LogP contribution in [0.25, 0.3) is 0 Å². The van der Waals surface area contributed by atoms with E-state index >= 15 is 0 Å². The molecule has 2 amide bonds. The highest BCUT2D eigenvalue weighted by atomic mass is 32.2. The summed E-state index contributed by atoms with van der Waals surface area (Å²) in [5, 5.41) is 2.96. The lowest BCUT2D eigenvalue weighted by Gasteiger charge is -2.30. The van der Waals surface area contributed by atoms with Crippen molar-refractivity contribution in [3.05, 3.63) is 23.8 Å². The average Bonchev–Trinajstić information content (AvgIpc) is 2.52. The van der Waals surface area contributed by atoms with Gasteiger partial charge in [-0.15, -0.1) is 0 Å². The molecule has 27 heavy (non-hydrogen) atoms. The van der Waals surface area contributed by atoms with Crippen LogP contribution in [0.2, 0.25) is 0 Å². The van der Waals surface area contributed by atoms with Crippen molar-refractivity contribution < 1.29 is 22.1 Å². The number of carbonyl (C=O) groups excluding carboxylic acids is 1. The second-order valence-electron chi connectivity index (χ2n) is 7.87. The van der Waals surface area contributed by atoms with Gasteiger partial charge in [0.1, 0.15) is 0 Å². The molecule has 0 aromatic heterocycles. The molecule has 1 aromatic rings. The van der Waals surface area contributed by atoms with Crippen molar-refractivity contribution in [2.45, 2.75) is 53.6 Å². The topological polar surface area (TPSA) is 84.9 Å². The minimum atomic E-state index is -3.68. The molecule has 1 aromatic carbocycles. The summed E-state index contributed by atoms with van der Waals surface area (Å²) in [6.45, 7) is 12.2. The maximum Gasteiger partial charge on any atom is 0.318 e. The van der Waals surface area contributed by atoms with Crippen LogP contribution in [0.15, 0.2) is 18.2 Å². The first-order valence-electron chi connectivity index (χ1n) is 9.03. The quantitative estimate of drug-likeness (QED) is 0.676. The summed E-state index contributed by atoms with van der Waals surface area (Å²) in [5.74, 6) is 0.585. The second-order valence-corrected chi connectivity index (χ2v) is 9.73. The van der Waals surface area contributed by atoms with E-state index in [0.29, 0.717) is 18.8 Å². The molecule has 0 saturated carbocycles. The Bertz CT molecular complexity index is 739. The summed E-state index contributed by atoms with van der Waals surface area (Å²) in [6.07, 6.45) is 0. The van der Waals surface area contributed by atoms with Gasteiger partial charge in [0.25, 0.3) is 0 Å². The van der Waals surface area contributed by atoms with Crippen LogP contribution < -0.4 is 14.2 Å². The van der Waals surface area contributed by atoms with Gasteiger partial charge in [-0.1, -0.05) is 19.9 Å². The van der Waals surface area contributed by atoms with Crippen molar-refractivity contribution in [2.75, 3.05) is 19.4 Å². The van der Waals surface area contributed by atoms with Gasteiger partial charge in [0.05, 0.1) is 12.9 Å². The molecule has 0 aliphatic rings. The van der Waals surface area contributed by atoms with Crippen molar-refractivity contribution in [1.29, 1.82) is 0 Å². The number of benzene rings is 1. The number of amides is 2. The SMILES string of the molecule is CCS(=O)(=O)Oc1cc(CN(CC(C)C)C(=O)NC(C)(C)C)ccc1OC. The maximum absolute atomic E-state index is 12.6. The number of carbonyl (C=O) groups is 1. The molecule has 0 saturated heterocycles. The van der Waals surface area contributed by atoms with E-state index < -0.39 is 10.1 Å². The van der Waals surface area contributed by atoms with Crippen molar-refractivity contribution in [1.82, 2.24) is 10.2 Å².